The third kappa shape index (κ3) is 17.2. The Hall–Kier alpha value is -14.0. The zero-order chi connectivity index (χ0) is 95.6. The molecule has 0 radical (unpaired) electrons. The molecule has 0 heterocycles. The molecule has 4 nitrogen and oxygen atoms in total. The molecule has 0 N–H and O–H groups in total. The van der Waals surface area contributed by atoms with Crippen LogP contribution in [0.15, 0.2) is 340 Å². The van der Waals surface area contributed by atoms with Crippen LogP contribution in [0.4, 0.5) is 103 Å². The van der Waals surface area contributed by atoms with Gasteiger partial charge in [0.1, 0.15) is 46.5 Å². The molecule has 20 rings (SSSR count). The molecule has 676 valence electrons. The summed E-state index contributed by atoms with van der Waals surface area (Å²) in [7, 11) is -6.83. The van der Waals surface area contributed by atoms with Gasteiger partial charge in [-0.2, -0.15) is 0 Å². The molecule has 0 spiro atoms. The van der Waals surface area contributed by atoms with E-state index in [0.717, 1.165) is 86.9 Å². The van der Waals surface area contributed by atoms with Gasteiger partial charge in [-0.15, -0.1) is 0 Å². The molecule has 0 aromatic heterocycles. The Morgan fingerprint density at radius 3 is 0.603 bits per heavy atom. The summed E-state index contributed by atoms with van der Waals surface area (Å²) in [5, 5.41) is 15.7. The van der Waals surface area contributed by atoms with Gasteiger partial charge in [-0.1, -0.05) is 340 Å². The molecule has 0 saturated carbocycles. The number of halogens is 8. The maximum absolute atomic E-state index is 17.0. The average molecular weight is 1870 g/mol. The Kier molecular flexibility index (Phi) is 23.7. The summed E-state index contributed by atoms with van der Waals surface area (Å²) in [4.78, 5) is 7.27. The SMILES string of the molecule is Cc1ccc(-c2cc(F)c(N(c3ccc([Si](C)(C)C)cc3)c3ccc4ccc5c(N(c6ccc([Si](C)(C)C)cc6)c6cc(F)c(-c7ccc(C)cc7)cc6F)ccc6ccc3c4c65)cc2F)cc1.Cc1cccc(-c2cc(F)c(N(c3ccc([Si](C)(C)C)cc3)c3ccc4ccc5c(N(c6ccc([Si](C)(C)C)cc6)c6cc(F)c(-c7cccc(C)c7)cc6F)ccc6ccc3c4c65)cc2F)c1. The maximum Gasteiger partial charge on any atom is 0.148 e. The molecular formula is C120H104F8N4Si4. The smallest absolute Gasteiger partial charge is 0.148 e. The van der Waals surface area contributed by atoms with E-state index in [-0.39, 0.29) is 45.0 Å². The fourth-order valence-corrected chi connectivity index (χ4v) is 23.9. The lowest BCUT2D eigenvalue weighted by molar-refractivity contribution is 0.604. The van der Waals surface area contributed by atoms with Crippen LogP contribution in [0.1, 0.15) is 22.3 Å². The lowest BCUT2D eigenvalue weighted by Crippen LogP contribution is -2.37. The minimum atomic E-state index is -1.71. The second-order valence-corrected chi connectivity index (χ2v) is 60.6. The number of aryl methyl sites for hydroxylation is 4. The van der Waals surface area contributed by atoms with Crippen molar-refractivity contribution in [2.45, 2.75) is 106 Å². The quantitative estimate of drug-likeness (QED) is 0.0428. The van der Waals surface area contributed by atoms with Crippen molar-refractivity contribution < 1.29 is 35.1 Å². The molecule has 0 fully saturated rings. The van der Waals surface area contributed by atoms with Crippen LogP contribution in [0, 0.1) is 74.2 Å². The number of anilines is 12. The van der Waals surface area contributed by atoms with E-state index in [4.69, 9.17) is 0 Å². The summed E-state index contributed by atoms with van der Waals surface area (Å²) in [6, 6.07) is 105. The van der Waals surface area contributed by atoms with Crippen LogP contribution in [0.2, 0.25) is 78.6 Å². The van der Waals surface area contributed by atoms with Crippen molar-refractivity contribution in [3.8, 4) is 44.5 Å². The molecule has 0 unspecified atom stereocenters. The van der Waals surface area contributed by atoms with Crippen LogP contribution in [-0.2, 0) is 0 Å². The van der Waals surface area contributed by atoms with Crippen LogP contribution in [0.5, 0.6) is 0 Å². The summed E-state index contributed by atoms with van der Waals surface area (Å²) < 4.78 is 134. The summed E-state index contributed by atoms with van der Waals surface area (Å²) in [5.74, 6) is -4.41. The molecule has 0 aliphatic heterocycles. The first-order valence-corrected chi connectivity index (χ1v) is 60.2. The fraction of sp³-hybridized carbons (Fsp3) is 0.133. The molecule has 20 aromatic carbocycles. The highest BCUT2D eigenvalue weighted by molar-refractivity contribution is 6.90. The Labute approximate surface area is 794 Å². The number of hydrogen-bond acceptors (Lipinski definition) is 4. The van der Waals surface area contributed by atoms with Crippen LogP contribution in [0.25, 0.3) is 109 Å². The maximum atomic E-state index is 17.0. The van der Waals surface area contributed by atoms with Crippen molar-refractivity contribution >= 4 is 186 Å². The second kappa shape index (κ2) is 35.3. The van der Waals surface area contributed by atoms with E-state index in [1.54, 1.807) is 12.1 Å². The molecule has 0 aliphatic carbocycles. The van der Waals surface area contributed by atoms with E-state index in [0.29, 0.717) is 67.8 Å². The molecule has 16 heteroatoms. The van der Waals surface area contributed by atoms with Crippen LogP contribution >= 0.6 is 0 Å². The highest BCUT2D eigenvalue weighted by Gasteiger charge is 2.33. The third-order valence-corrected chi connectivity index (χ3v) is 34.9. The van der Waals surface area contributed by atoms with Gasteiger partial charge in [0.15, 0.2) is 0 Å². The fourth-order valence-electron chi connectivity index (χ4n) is 19.2. The van der Waals surface area contributed by atoms with Crippen molar-refractivity contribution in [1.82, 2.24) is 0 Å². The summed E-state index contributed by atoms with van der Waals surface area (Å²) in [6.07, 6.45) is 0. The molecule has 0 amide bonds. The predicted molar refractivity (Wildman–Crippen MR) is 571 cm³/mol. The molecular weight excluding hydrogens is 1760 g/mol. The lowest BCUT2D eigenvalue weighted by atomic mass is 9.91. The van der Waals surface area contributed by atoms with Gasteiger partial charge < -0.3 is 19.6 Å². The first-order chi connectivity index (χ1) is 64.9. The zero-order valence-electron chi connectivity index (χ0n) is 79.1. The lowest BCUT2D eigenvalue weighted by Gasteiger charge is -2.30. The highest BCUT2D eigenvalue weighted by Crippen LogP contribution is 2.53. The normalized spacial score (nSPS) is 12.1. The predicted octanol–water partition coefficient (Wildman–Crippen LogP) is 34.2. The molecule has 136 heavy (non-hydrogen) atoms. The molecule has 0 bridgehead atoms. The Morgan fingerprint density at radius 2 is 0.390 bits per heavy atom. The van der Waals surface area contributed by atoms with Crippen molar-refractivity contribution in [3.05, 3.63) is 409 Å². The van der Waals surface area contributed by atoms with E-state index in [1.807, 2.05) is 278 Å². The molecule has 0 atom stereocenters. The van der Waals surface area contributed by atoms with Gasteiger partial charge in [0.25, 0.3) is 0 Å². The van der Waals surface area contributed by atoms with E-state index in [9.17, 15) is 0 Å². The van der Waals surface area contributed by atoms with Gasteiger partial charge in [0.05, 0.1) is 77.8 Å². The minimum absolute atomic E-state index is 0.0781. The number of rotatable bonds is 20. The van der Waals surface area contributed by atoms with E-state index >= 15 is 35.1 Å². The molecule has 20 aromatic rings. The van der Waals surface area contributed by atoms with Gasteiger partial charge in [0, 0.05) is 90.8 Å². The largest absolute Gasteiger partial charge is 0.307 e. The first-order valence-electron chi connectivity index (χ1n) is 46.2. The topological polar surface area (TPSA) is 13.0 Å². The summed E-state index contributed by atoms with van der Waals surface area (Å²) in [6.45, 7) is 35.1. The van der Waals surface area contributed by atoms with Gasteiger partial charge in [0.2, 0.25) is 0 Å². The zero-order valence-corrected chi connectivity index (χ0v) is 83.1. The molecule has 0 aliphatic rings. The van der Waals surface area contributed by atoms with E-state index in [2.05, 4.69) is 127 Å². The minimum Gasteiger partial charge on any atom is -0.307 e. The van der Waals surface area contributed by atoms with Crippen LogP contribution < -0.4 is 40.3 Å². The summed E-state index contributed by atoms with van der Waals surface area (Å²) in [5.41, 5.74) is 12.8. The van der Waals surface area contributed by atoms with Gasteiger partial charge >= 0.3 is 0 Å². The Morgan fingerprint density at radius 1 is 0.176 bits per heavy atom. The van der Waals surface area contributed by atoms with Crippen molar-refractivity contribution in [3.63, 3.8) is 0 Å². The Balaban J connectivity index is 0.000000174. The van der Waals surface area contributed by atoms with Gasteiger partial charge in [-0.05, 0) is 190 Å². The van der Waals surface area contributed by atoms with Crippen LogP contribution in [0.3, 0.4) is 0 Å². The van der Waals surface area contributed by atoms with Crippen molar-refractivity contribution in [1.29, 1.82) is 0 Å². The standard InChI is InChI=1S/2C60H52F4N2Si2/c1-37-9-13-39(14-10-37)49-33-53(63)57(35-51(49)61)65(43-21-25-45(26-22-43)67(3,4)5)55-31-19-41-18-30-48-56(32-20-42-17-29-47(55)59(41)60(42)48)66(44-23-27-46(28-24-44)68(6,7)8)58-36-52(62)50(34-54(58)64)40-15-11-38(2)12-16-40;1-37-11-9-13-41(31-37)49-33-53(63)57(35-51(49)61)65(43-19-23-45(24-20-43)67(3,4)5)55-29-17-39-16-28-48-56(30-18-40-15-27-47(55)59(39)60(40)48)66(44-21-25-46(26-22-44)68(6,7)8)58-36-52(62)50(34-54(58)64)42-14-10-12-38(2)32-42/h2*9-36H,1-8H3. The van der Waals surface area contributed by atoms with Crippen molar-refractivity contribution in [2.75, 3.05) is 19.6 Å². The second-order valence-electron chi connectivity index (χ2n) is 40.3. The van der Waals surface area contributed by atoms with Crippen molar-refractivity contribution in [2.24, 2.45) is 0 Å². The number of hydrogen-bond donors (Lipinski definition) is 0. The third-order valence-electron chi connectivity index (χ3n) is 26.7. The van der Waals surface area contributed by atoms with E-state index in [1.165, 1.54) is 69.3 Å². The monoisotopic (exact) mass is 1860 g/mol. The average Bonchev–Trinajstić information content (AvgIpc) is 0.718. The Bertz CT molecular complexity index is 7550. The number of benzene rings is 20. The first kappa shape index (κ1) is 91.1. The van der Waals surface area contributed by atoms with Crippen LogP contribution in [-0.4, -0.2) is 32.3 Å². The number of nitrogens with zero attached hydrogens (tertiary/aromatic N) is 4. The summed E-state index contributed by atoms with van der Waals surface area (Å²) >= 11 is 0. The van der Waals surface area contributed by atoms with E-state index < -0.39 is 78.8 Å². The molecule has 0 saturated heterocycles. The highest BCUT2D eigenvalue weighted by atomic mass is 28.3. The van der Waals surface area contributed by atoms with Gasteiger partial charge in [-0.3, -0.25) is 0 Å². The van der Waals surface area contributed by atoms with Gasteiger partial charge in [-0.25, -0.2) is 35.1 Å².